The van der Waals surface area contributed by atoms with Crippen LogP contribution in [-0.2, 0) is 11.2 Å². The molecule has 2 aromatic carbocycles. The second-order valence-electron chi connectivity index (χ2n) is 7.52. The highest BCUT2D eigenvalue weighted by atomic mass is 32.1. The largest absolute Gasteiger partial charge is 0.573 e. The van der Waals surface area contributed by atoms with E-state index in [2.05, 4.69) is 30.6 Å². The lowest BCUT2D eigenvalue weighted by Crippen LogP contribution is -2.40. The minimum absolute atomic E-state index is 0.215. The van der Waals surface area contributed by atoms with Crippen molar-refractivity contribution in [2.45, 2.75) is 25.7 Å². The lowest BCUT2D eigenvalue weighted by Gasteiger charge is -2.18. The monoisotopic (exact) mass is 487 g/mol. The van der Waals surface area contributed by atoms with Crippen molar-refractivity contribution in [3.63, 3.8) is 0 Å². The average molecular weight is 488 g/mol. The van der Waals surface area contributed by atoms with Gasteiger partial charge in [0, 0.05) is 36.8 Å². The molecular weight excluding hydrogens is 467 g/mol. The normalized spacial score (nSPS) is 12.4. The van der Waals surface area contributed by atoms with Gasteiger partial charge in [-0.15, -0.1) is 23.4 Å². The number of nitrogens with zero attached hydrogens (tertiary/aromatic N) is 3. The lowest BCUT2D eigenvalue weighted by molar-refractivity contribution is -0.274. The number of carbonyl (C=O) groups is 1. The maximum Gasteiger partial charge on any atom is 0.573 e. The number of rotatable bonds is 8. The molecule has 0 spiro atoms. The maximum atomic E-state index is 12.3. The van der Waals surface area contributed by atoms with Crippen molar-refractivity contribution < 1.29 is 22.7 Å². The third-order valence-corrected chi connectivity index (χ3v) is 5.79. The zero-order chi connectivity index (χ0) is 24.1. The molecule has 2 aromatic heterocycles. The number of nitrogens with one attached hydrogen (secondary N) is 2. The van der Waals surface area contributed by atoms with Gasteiger partial charge in [0.1, 0.15) is 10.8 Å². The van der Waals surface area contributed by atoms with Crippen molar-refractivity contribution in [3.05, 3.63) is 66.5 Å². The smallest absolute Gasteiger partial charge is 0.406 e. The summed E-state index contributed by atoms with van der Waals surface area (Å²) < 4.78 is 40.9. The van der Waals surface area contributed by atoms with Gasteiger partial charge in [-0.1, -0.05) is 35.6 Å². The summed E-state index contributed by atoms with van der Waals surface area (Å²) in [5, 5.41) is 17.9. The minimum atomic E-state index is -4.74. The zero-order valence-electron chi connectivity index (χ0n) is 18.0. The highest BCUT2D eigenvalue weighted by Crippen LogP contribution is 2.29. The van der Waals surface area contributed by atoms with E-state index in [0.29, 0.717) is 18.1 Å². The van der Waals surface area contributed by atoms with Crippen LogP contribution in [0.25, 0.3) is 21.3 Å². The summed E-state index contributed by atoms with van der Waals surface area (Å²) in [6.07, 6.45) is -0.804. The van der Waals surface area contributed by atoms with Crippen LogP contribution in [0.1, 0.15) is 12.5 Å². The summed E-state index contributed by atoms with van der Waals surface area (Å²) in [7, 11) is 0. The van der Waals surface area contributed by atoms with Crippen LogP contribution in [0.15, 0.2) is 60.9 Å². The number of carbonyl (C=O) groups excluding carboxylic acids is 1. The Kier molecular flexibility index (Phi) is 6.92. The summed E-state index contributed by atoms with van der Waals surface area (Å²) in [5.41, 5.74) is 1.68. The molecule has 1 unspecified atom stereocenters. The molecule has 0 aliphatic heterocycles. The fourth-order valence-corrected chi connectivity index (χ4v) is 4.16. The van der Waals surface area contributed by atoms with Crippen molar-refractivity contribution in [2.75, 3.05) is 11.9 Å². The number of aromatic nitrogens is 3. The van der Waals surface area contributed by atoms with E-state index in [-0.39, 0.29) is 17.7 Å². The molecule has 0 saturated carbocycles. The summed E-state index contributed by atoms with van der Waals surface area (Å²) >= 11 is 1.38. The Bertz CT molecular complexity index is 1280. The molecule has 2 N–H and O–H groups in total. The van der Waals surface area contributed by atoms with Crippen LogP contribution in [0.2, 0.25) is 0 Å². The van der Waals surface area contributed by atoms with Gasteiger partial charge in [-0.2, -0.15) is 0 Å². The summed E-state index contributed by atoms with van der Waals surface area (Å²) in [6.45, 7) is 1.77. The third-order valence-electron chi connectivity index (χ3n) is 4.86. The molecule has 0 aliphatic rings. The molecule has 0 aliphatic carbocycles. The SMILES string of the molecule is CC(=O)NC(CNc1nnc(-c2ccc3cnccc3c2)s1)Cc1ccc(OC(F)(F)F)cc1. The molecule has 34 heavy (non-hydrogen) atoms. The molecule has 4 rings (SSSR count). The number of anilines is 1. The summed E-state index contributed by atoms with van der Waals surface area (Å²) in [4.78, 5) is 15.8. The fourth-order valence-electron chi connectivity index (χ4n) is 3.41. The van der Waals surface area contributed by atoms with Gasteiger partial charge in [0.2, 0.25) is 11.0 Å². The fraction of sp³-hybridized carbons (Fsp3) is 0.217. The van der Waals surface area contributed by atoms with Crippen LogP contribution in [0.5, 0.6) is 5.75 Å². The number of halogens is 3. The Morgan fingerprint density at radius 2 is 1.88 bits per heavy atom. The van der Waals surface area contributed by atoms with Gasteiger partial charge in [-0.25, -0.2) is 0 Å². The lowest BCUT2D eigenvalue weighted by atomic mass is 10.1. The van der Waals surface area contributed by atoms with E-state index in [1.165, 1.54) is 42.5 Å². The highest BCUT2D eigenvalue weighted by molar-refractivity contribution is 7.18. The van der Waals surface area contributed by atoms with Crippen LogP contribution in [0.3, 0.4) is 0 Å². The first-order valence-electron chi connectivity index (χ1n) is 10.3. The molecule has 0 bridgehead atoms. The molecule has 0 fully saturated rings. The van der Waals surface area contributed by atoms with E-state index in [9.17, 15) is 18.0 Å². The number of hydrogen-bond donors (Lipinski definition) is 2. The van der Waals surface area contributed by atoms with Crippen LogP contribution in [0, 0.1) is 0 Å². The van der Waals surface area contributed by atoms with Crippen molar-refractivity contribution in [3.8, 4) is 16.3 Å². The standard InChI is InChI=1S/C23H20F3N5O2S/c1-14(32)29-19(10-15-2-6-20(7-3-15)33-23(24,25)26)13-28-22-31-30-21(34-22)17-4-5-18-12-27-9-8-16(18)11-17/h2-9,11-12,19H,10,13H2,1H3,(H,28,31)(H,29,32). The quantitative estimate of drug-likeness (QED) is 0.371. The van der Waals surface area contributed by atoms with E-state index in [1.807, 2.05) is 24.3 Å². The maximum absolute atomic E-state index is 12.3. The number of hydrogen-bond acceptors (Lipinski definition) is 7. The molecule has 2 heterocycles. The second-order valence-corrected chi connectivity index (χ2v) is 8.50. The number of amides is 1. The van der Waals surface area contributed by atoms with E-state index < -0.39 is 6.36 Å². The van der Waals surface area contributed by atoms with Crippen molar-refractivity contribution in [1.82, 2.24) is 20.5 Å². The van der Waals surface area contributed by atoms with Gasteiger partial charge in [-0.3, -0.25) is 9.78 Å². The van der Waals surface area contributed by atoms with Gasteiger partial charge in [-0.05, 0) is 41.6 Å². The molecule has 11 heteroatoms. The topological polar surface area (TPSA) is 89.0 Å². The molecule has 7 nitrogen and oxygen atoms in total. The number of fused-ring (bicyclic) bond motifs is 1. The molecule has 0 saturated heterocycles. The molecule has 4 aromatic rings. The Labute approximate surface area is 197 Å². The van der Waals surface area contributed by atoms with Crippen LogP contribution < -0.4 is 15.4 Å². The number of alkyl halides is 3. The first kappa shape index (κ1) is 23.4. The van der Waals surface area contributed by atoms with E-state index in [1.54, 1.807) is 12.4 Å². The summed E-state index contributed by atoms with van der Waals surface area (Å²) in [5.74, 6) is -0.510. The Hall–Kier alpha value is -3.73. The predicted molar refractivity (Wildman–Crippen MR) is 124 cm³/mol. The summed E-state index contributed by atoms with van der Waals surface area (Å²) in [6, 6.07) is 13.1. The van der Waals surface area contributed by atoms with Gasteiger partial charge >= 0.3 is 6.36 Å². The van der Waals surface area contributed by atoms with Crippen molar-refractivity contribution in [2.24, 2.45) is 0 Å². The molecule has 1 atom stereocenters. The van der Waals surface area contributed by atoms with E-state index in [4.69, 9.17) is 0 Å². The average Bonchev–Trinajstić information content (AvgIpc) is 3.26. The molecular formula is C23H20F3N5O2S. The predicted octanol–water partition coefficient (Wildman–Crippen LogP) is 4.81. The molecule has 176 valence electrons. The third kappa shape index (κ3) is 6.41. The number of pyridine rings is 1. The Morgan fingerprint density at radius 1 is 1.09 bits per heavy atom. The molecule has 0 radical (unpaired) electrons. The van der Waals surface area contributed by atoms with Gasteiger partial charge < -0.3 is 15.4 Å². The molecule has 1 amide bonds. The second kappa shape index (κ2) is 10.0. The van der Waals surface area contributed by atoms with Crippen molar-refractivity contribution in [1.29, 1.82) is 0 Å². The van der Waals surface area contributed by atoms with Crippen LogP contribution in [-0.4, -0.2) is 40.0 Å². The van der Waals surface area contributed by atoms with Gasteiger partial charge in [0.25, 0.3) is 0 Å². The number of benzene rings is 2. The van der Waals surface area contributed by atoms with Gasteiger partial charge in [0.05, 0.1) is 6.04 Å². The van der Waals surface area contributed by atoms with E-state index >= 15 is 0 Å². The van der Waals surface area contributed by atoms with Crippen LogP contribution >= 0.6 is 11.3 Å². The first-order chi connectivity index (χ1) is 16.2. The zero-order valence-corrected chi connectivity index (χ0v) is 18.8. The van der Waals surface area contributed by atoms with Gasteiger partial charge in [0.15, 0.2) is 0 Å². The minimum Gasteiger partial charge on any atom is -0.406 e. The van der Waals surface area contributed by atoms with Crippen molar-refractivity contribution >= 4 is 33.1 Å². The van der Waals surface area contributed by atoms with E-state index in [0.717, 1.165) is 26.9 Å². The van der Waals surface area contributed by atoms with Crippen LogP contribution in [0.4, 0.5) is 18.3 Å². The highest BCUT2D eigenvalue weighted by Gasteiger charge is 2.31. The Balaban J connectivity index is 1.40. The first-order valence-corrected chi connectivity index (χ1v) is 11.1. The Morgan fingerprint density at radius 3 is 2.62 bits per heavy atom. The number of ether oxygens (including phenoxy) is 1.